The maximum Gasteiger partial charge on any atom is 0.327 e. The van der Waals surface area contributed by atoms with E-state index in [4.69, 9.17) is 30.2 Å². The predicted octanol–water partition coefficient (Wildman–Crippen LogP) is 9.22. The van der Waals surface area contributed by atoms with Crippen LogP contribution >= 0.6 is 23.9 Å². The summed E-state index contributed by atoms with van der Waals surface area (Å²) in [5.74, 6) is -1.07. The topological polar surface area (TPSA) is 77.9 Å². The van der Waals surface area contributed by atoms with E-state index in [0.717, 1.165) is 64.7 Å². The summed E-state index contributed by atoms with van der Waals surface area (Å²) in [4.78, 5) is 17.8. The number of aryl methyl sites for hydroxylation is 1. The highest BCUT2D eigenvalue weighted by Gasteiger charge is 2.30. The Balaban J connectivity index is 1.34. The van der Waals surface area contributed by atoms with Crippen LogP contribution < -0.4 is 0 Å². The average Bonchev–Trinajstić information content (AvgIpc) is 3.01. The van der Waals surface area contributed by atoms with Crippen LogP contribution in [0, 0.1) is 0 Å². The molecule has 2 heterocycles. The van der Waals surface area contributed by atoms with Gasteiger partial charge in [-0.05, 0) is 92.5 Å². The minimum Gasteiger partial charge on any atom is -0.363 e. The number of ether oxygens (including phenoxy) is 2. The molecule has 0 saturated carbocycles. The van der Waals surface area contributed by atoms with Crippen LogP contribution in [0.2, 0.25) is 5.02 Å². The lowest BCUT2D eigenvalue weighted by molar-refractivity contribution is -0.219. The lowest BCUT2D eigenvalue weighted by atomic mass is 9.86. The quantitative estimate of drug-likeness (QED) is 0.168. The third-order valence-corrected chi connectivity index (χ3v) is 8.25. The molecule has 6 nitrogen and oxygen atoms in total. The molecule has 4 aromatic rings. The molecule has 0 spiro atoms. The summed E-state index contributed by atoms with van der Waals surface area (Å²) in [6.45, 7) is 4.84. The average molecular weight is 618 g/mol. The molecule has 1 aliphatic heterocycles. The van der Waals surface area contributed by atoms with Gasteiger partial charge >= 0.3 is 5.97 Å². The van der Waals surface area contributed by atoms with Crippen LogP contribution in [0.1, 0.15) is 73.4 Å². The van der Waals surface area contributed by atoms with E-state index in [1.807, 2.05) is 78.9 Å². The Bertz CT molecular complexity index is 1580. The van der Waals surface area contributed by atoms with E-state index in [1.54, 1.807) is 0 Å². The number of aromatic nitrogens is 1. The molecule has 3 aromatic carbocycles. The van der Waals surface area contributed by atoms with E-state index in [9.17, 15) is 9.35 Å². The third kappa shape index (κ3) is 8.25. The fourth-order valence-corrected chi connectivity index (χ4v) is 5.95. The lowest BCUT2D eigenvalue weighted by Crippen LogP contribution is -2.33. The second-order valence-electron chi connectivity index (χ2n) is 11.2. The molecule has 0 bridgehead atoms. The highest BCUT2D eigenvalue weighted by molar-refractivity contribution is 7.89. The van der Waals surface area contributed by atoms with Gasteiger partial charge in [0.15, 0.2) is 6.29 Å². The third-order valence-electron chi connectivity index (χ3n) is 7.77. The molecule has 43 heavy (non-hydrogen) atoms. The number of nitrogens with zero attached hydrogens (tertiary/aromatic N) is 1. The molecule has 1 saturated heterocycles. The van der Waals surface area contributed by atoms with Crippen LogP contribution in [0.25, 0.3) is 23.1 Å². The van der Waals surface area contributed by atoms with Crippen molar-refractivity contribution in [2.24, 2.45) is 0 Å². The first-order valence-corrected chi connectivity index (χ1v) is 15.6. The molecule has 0 radical (unpaired) electrons. The van der Waals surface area contributed by atoms with Gasteiger partial charge in [0.25, 0.3) is 0 Å². The van der Waals surface area contributed by atoms with Gasteiger partial charge in [0.1, 0.15) is 0 Å². The maximum absolute atomic E-state index is 13.1. The van der Waals surface area contributed by atoms with Crippen LogP contribution in [0.3, 0.4) is 0 Å². The fourth-order valence-electron chi connectivity index (χ4n) is 5.60. The molecular formula is C35H36ClNO5S. The number of rotatable bonds is 11. The Hall–Kier alpha value is -3.20. The summed E-state index contributed by atoms with van der Waals surface area (Å²) < 4.78 is 26.6. The van der Waals surface area contributed by atoms with Crippen molar-refractivity contribution in [3.63, 3.8) is 0 Å². The van der Waals surface area contributed by atoms with Gasteiger partial charge in [0.05, 0.1) is 22.7 Å². The van der Waals surface area contributed by atoms with E-state index >= 15 is 0 Å². The Morgan fingerprint density at radius 1 is 1.09 bits per heavy atom. The first kappa shape index (κ1) is 31.2. The van der Waals surface area contributed by atoms with Gasteiger partial charge in [-0.25, -0.2) is 4.98 Å². The van der Waals surface area contributed by atoms with E-state index in [-0.39, 0.29) is 18.6 Å². The smallest absolute Gasteiger partial charge is 0.327 e. The second-order valence-corrected chi connectivity index (χ2v) is 12.0. The first-order valence-electron chi connectivity index (χ1n) is 14.6. The van der Waals surface area contributed by atoms with Crippen LogP contribution in [0.4, 0.5) is 0 Å². The minimum absolute atomic E-state index is 0.0797. The number of fused-ring (bicyclic) bond motifs is 1. The number of benzene rings is 3. The molecular weight excluding hydrogens is 582 g/mol. The van der Waals surface area contributed by atoms with Crippen molar-refractivity contribution in [2.45, 2.75) is 63.8 Å². The fraction of sp³-hybridized carbons (Fsp3) is 0.314. The van der Waals surface area contributed by atoms with Gasteiger partial charge in [-0.15, -0.1) is 0 Å². The van der Waals surface area contributed by atoms with Crippen molar-refractivity contribution in [3.8, 4) is 0 Å². The Morgan fingerprint density at radius 3 is 2.74 bits per heavy atom. The molecule has 5 rings (SSSR count). The summed E-state index contributed by atoms with van der Waals surface area (Å²) in [7, 11) is 0. The summed E-state index contributed by atoms with van der Waals surface area (Å²) in [5.41, 5.74) is 4.94. The zero-order valence-electron chi connectivity index (χ0n) is 24.4. The summed E-state index contributed by atoms with van der Waals surface area (Å²) in [6, 6.07) is 25.6. The Labute approximate surface area is 262 Å². The molecule has 0 amide bonds. The van der Waals surface area contributed by atoms with Crippen molar-refractivity contribution in [1.82, 2.24) is 4.98 Å². The molecule has 8 heteroatoms. The number of carbonyl (C=O) groups is 1. The van der Waals surface area contributed by atoms with Crippen LogP contribution in [0.5, 0.6) is 0 Å². The van der Waals surface area contributed by atoms with Crippen molar-refractivity contribution in [1.29, 1.82) is 0 Å². The zero-order valence-corrected chi connectivity index (χ0v) is 25.9. The number of halogens is 1. The highest BCUT2D eigenvalue weighted by atomic mass is 35.5. The molecule has 1 aliphatic rings. The Morgan fingerprint density at radius 2 is 1.93 bits per heavy atom. The van der Waals surface area contributed by atoms with Gasteiger partial charge in [-0.2, -0.15) is 0 Å². The van der Waals surface area contributed by atoms with Crippen molar-refractivity contribution in [3.05, 3.63) is 112 Å². The molecule has 0 aliphatic carbocycles. The first-order chi connectivity index (χ1) is 20.8. The normalized spacial score (nSPS) is 16.4. The van der Waals surface area contributed by atoms with Crippen molar-refractivity contribution >= 4 is 52.9 Å². The van der Waals surface area contributed by atoms with Gasteiger partial charge in [-0.1, -0.05) is 78.3 Å². The zero-order chi connectivity index (χ0) is 30.2. The maximum atomic E-state index is 13.1. The Kier molecular flexibility index (Phi) is 10.5. The largest absolute Gasteiger partial charge is 0.363 e. The minimum atomic E-state index is -0.576. The van der Waals surface area contributed by atoms with Gasteiger partial charge in [0.2, 0.25) is 12.3 Å². The molecule has 1 fully saturated rings. The van der Waals surface area contributed by atoms with E-state index in [1.165, 1.54) is 0 Å². The van der Waals surface area contributed by atoms with E-state index < -0.39 is 17.5 Å². The van der Waals surface area contributed by atoms with Gasteiger partial charge < -0.3 is 13.7 Å². The van der Waals surface area contributed by atoms with E-state index in [0.29, 0.717) is 17.9 Å². The van der Waals surface area contributed by atoms with Crippen molar-refractivity contribution in [2.75, 3.05) is 6.61 Å². The predicted molar refractivity (Wildman–Crippen MR) is 174 cm³/mol. The van der Waals surface area contributed by atoms with Crippen LogP contribution in [-0.4, -0.2) is 28.4 Å². The van der Waals surface area contributed by atoms with Crippen molar-refractivity contribution < 1.29 is 23.0 Å². The number of hydrogen-bond donors (Lipinski definition) is 1. The molecule has 1 aromatic heterocycles. The van der Waals surface area contributed by atoms with Crippen LogP contribution in [-0.2, 0) is 30.5 Å². The summed E-state index contributed by atoms with van der Waals surface area (Å²) in [5, 5.41) is 1.66. The molecule has 2 atom stereocenters. The molecule has 224 valence electrons. The summed E-state index contributed by atoms with van der Waals surface area (Å²) >= 11 is 6.23. The highest BCUT2D eigenvalue weighted by Crippen LogP contribution is 2.34. The summed E-state index contributed by atoms with van der Waals surface area (Å²) in [6.07, 6.45) is 7.83. The second kappa shape index (κ2) is 14.5. The SMILES string of the molecule is CC(C)(OC1CCCCO1)c1ccccc1CC[C@H](C(=O)OSO)c1cccc(/C=C/c2ccc3ccc(Cl)cc3n2)c1. The lowest BCUT2D eigenvalue weighted by Gasteiger charge is -2.34. The number of carbonyl (C=O) groups excluding carboxylic acids is 1. The molecule has 1 N–H and O–H groups in total. The van der Waals surface area contributed by atoms with E-state index in [2.05, 4.69) is 26.0 Å². The monoisotopic (exact) mass is 617 g/mol. The van der Waals surface area contributed by atoms with Gasteiger partial charge in [-0.3, -0.25) is 9.35 Å². The number of pyridine rings is 1. The number of hydrogen-bond acceptors (Lipinski definition) is 7. The molecule has 1 unspecified atom stereocenters. The van der Waals surface area contributed by atoms with Crippen LogP contribution in [0.15, 0.2) is 78.9 Å². The standard InChI is InChI=1S/C35H36ClNO5S/c1-35(2,41-33-12-5-6-21-40-33)31-11-4-3-9-25(31)16-20-30(34(38)42-43-39)27-10-7-8-24(22-27)13-18-29-19-15-26-14-17-28(36)23-32(26)37-29/h3-4,7-11,13-15,17-19,22-23,30,33,39H,5-6,12,16,20-21H2,1-2H3/b18-13+/t30-,33?/m0/s1. The van der Waals surface area contributed by atoms with Gasteiger partial charge in [0, 0.05) is 17.0 Å².